The molecule has 20 heavy (non-hydrogen) atoms. The van der Waals surface area contributed by atoms with Gasteiger partial charge in [-0.05, 0) is 18.2 Å². The number of hydrogen-bond acceptors (Lipinski definition) is 5. The third kappa shape index (κ3) is 3.71. The molecule has 2 rings (SSSR count). The van der Waals surface area contributed by atoms with Crippen molar-refractivity contribution in [1.82, 2.24) is 10.3 Å². The minimum Gasteiger partial charge on any atom is -0.497 e. The lowest BCUT2D eigenvalue weighted by molar-refractivity contribution is 0.397. The Balaban J connectivity index is 1.93. The number of ether oxygens (including phenoxy) is 2. The van der Waals surface area contributed by atoms with Gasteiger partial charge in [0.1, 0.15) is 11.5 Å². The van der Waals surface area contributed by atoms with E-state index in [0.29, 0.717) is 5.92 Å². The fourth-order valence-corrected chi connectivity index (χ4v) is 2.71. The second kappa shape index (κ2) is 7.26. The quantitative estimate of drug-likeness (QED) is 0.852. The maximum absolute atomic E-state index is 5.37. The largest absolute Gasteiger partial charge is 0.497 e. The highest BCUT2D eigenvalue weighted by Crippen LogP contribution is 2.24. The van der Waals surface area contributed by atoms with Gasteiger partial charge in [-0.2, -0.15) is 0 Å². The number of thiazole rings is 1. The molecule has 1 aromatic carbocycles. The molecule has 0 bridgehead atoms. The Kier molecular flexibility index (Phi) is 5.38. The van der Waals surface area contributed by atoms with E-state index in [1.807, 2.05) is 29.8 Å². The lowest BCUT2D eigenvalue weighted by Gasteiger charge is -2.13. The van der Waals surface area contributed by atoms with Crippen molar-refractivity contribution in [3.05, 3.63) is 40.3 Å². The van der Waals surface area contributed by atoms with Crippen molar-refractivity contribution in [3.8, 4) is 11.5 Å². The number of nitrogens with zero attached hydrogens (tertiary/aromatic N) is 1. The van der Waals surface area contributed by atoms with Crippen LogP contribution in [0.1, 0.15) is 23.4 Å². The van der Waals surface area contributed by atoms with E-state index in [4.69, 9.17) is 9.47 Å². The van der Waals surface area contributed by atoms with E-state index >= 15 is 0 Å². The SMILES string of the molecule is COc1ccc(OC)c(CNCC(C)c2nccs2)c1. The molecule has 0 aliphatic carbocycles. The summed E-state index contributed by atoms with van der Waals surface area (Å²) in [7, 11) is 3.35. The molecule has 0 aliphatic rings. The lowest BCUT2D eigenvalue weighted by atomic mass is 10.1. The molecule has 108 valence electrons. The van der Waals surface area contributed by atoms with E-state index in [9.17, 15) is 0 Å². The van der Waals surface area contributed by atoms with Crippen molar-refractivity contribution in [2.24, 2.45) is 0 Å². The van der Waals surface area contributed by atoms with E-state index in [1.165, 1.54) is 0 Å². The molecule has 4 nitrogen and oxygen atoms in total. The van der Waals surface area contributed by atoms with Crippen LogP contribution in [0.25, 0.3) is 0 Å². The second-order valence-electron chi connectivity index (χ2n) is 4.58. The molecule has 0 saturated heterocycles. The first-order chi connectivity index (χ1) is 9.74. The fraction of sp³-hybridized carbons (Fsp3) is 0.400. The van der Waals surface area contributed by atoms with E-state index in [0.717, 1.165) is 35.2 Å². The minimum atomic E-state index is 0.409. The Morgan fingerprint density at radius 3 is 2.80 bits per heavy atom. The van der Waals surface area contributed by atoms with Crippen molar-refractivity contribution in [3.63, 3.8) is 0 Å². The van der Waals surface area contributed by atoms with Gasteiger partial charge in [-0.25, -0.2) is 4.98 Å². The van der Waals surface area contributed by atoms with Crippen molar-refractivity contribution < 1.29 is 9.47 Å². The molecule has 2 aromatic rings. The van der Waals surface area contributed by atoms with E-state index in [2.05, 4.69) is 17.2 Å². The normalized spacial score (nSPS) is 12.2. The molecule has 1 aromatic heterocycles. The second-order valence-corrected chi connectivity index (χ2v) is 5.51. The van der Waals surface area contributed by atoms with Gasteiger partial charge in [0.05, 0.1) is 19.2 Å². The van der Waals surface area contributed by atoms with Crippen LogP contribution in [-0.4, -0.2) is 25.7 Å². The summed E-state index contributed by atoms with van der Waals surface area (Å²) in [6.45, 7) is 3.80. The van der Waals surface area contributed by atoms with Crippen LogP contribution in [0.3, 0.4) is 0 Å². The van der Waals surface area contributed by atoms with Crippen molar-refractivity contribution in [2.75, 3.05) is 20.8 Å². The lowest BCUT2D eigenvalue weighted by Crippen LogP contribution is -2.20. The summed E-state index contributed by atoms with van der Waals surface area (Å²) in [6.07, 6.45) is 1.85. The van der Waals surface area contributed by atoms with Crippen LogP contribution in [0.2, 0.25) is 0 Å². The standard InChI is InChI=1S/C15H20N2O2S/c1-11(15-17-6-7-20-15)9-16-10-12-8-13(18-2)4-5-14(12)19-3/h4-8,11,16H,9-10H2,1-3H3. The smallest absolute Gasteiger partial charge is 0.123 e. The summed E-state index contributed by atoms with van der Waals surface area (Å²) in [5.74, 6) is 2.13. The number of benzene rings is 1. The summed E-state index contributed by atoms with van der Waals surface area (Å²) in [4.78, 5) is 4.34. The van der Waals surface area contributed by atoms with Gasteiger partial charge < -0.3 is 14.8 Å². The first-order valence-electron chi connectivity index (χ1n) is 6.55. The molecule has 1 N–H and O–H groups in total. The third-order valence-corrected chi connectivity index (χ3v) is 4.13. The number of aromatic nitrogens is 1. The Hall–Kier alpha value is -1.59. The summed E-state index contributed by atoms with van der Waals surface area (Å²) in [6, 6.07) is 5.83. The van der Waals surface area contributed by atoms with Gasteiger partial charge in [0.2, 0.25) is 0 Å². The van der Waals surface area contributed by atoms with Crippen LogP contribution in [0, 0.1) is 0 Å². The Morgan fingerprint density at radius 1 is 1.30 bits per heavy atom. The van der Waals surface area contributed by atoms with E-state index in [-0.39, 0.29) is 0 Å². The molecule has 0 spiro atoms. The number of rotatable bonds is 7. The van der Waals surface area contributed by atoms with Gasteiger partial charge in [0.25, 0.3) is 0 Å². The van der Waals surface area contributed by atoms with Crippen molar-refractivity contribution >= 4 is 11.3 Å². The van der Waals surface area contributed by atoms with Crippen molar-refractivity contribution in [1.29, 1.82) is 0 Å². The number of nitrogens with one attached hydrogen (secondary N) is 1. The van der Waals surface area contributed by atoms with Crippen LogP contribution >= 0.6 is 11.3 Å². The monoisotopic (exact) mass is 292 g/mol. The topological polar surface area (TPSA) is 43.4 Å². The van der Waals surface area contributed by atoms with Gasteiger partial charge >= 0.3 is 0 Å². The first kappa shape index (κ1) is 14.8. The summed E-state index contributed by atoms with van der Waals surface area (Å²) in [5, 5.41) is 6.62. The zero-order valence-corrected chi connectivity index (χ0v) is 12.9. The van der Waals surface area contributed by atoms with Crippen LogP contribution in [0.4, 0.5) is 0 Å². The molecule has 1 unspecified atom stereocenters. The molecular weight excluding hydrogens is 272 g/mol. The van der Waals surface area contributed by atoms with Crippen LogP contribution in [0.5, 0.6) is 11.5 Å². The predicted molar refractivity (Wildman–Crippen MR) is 81.8 cm³/mol. The highest BCUT2D eigenvalue weighted by Gasteiger charge is 2.09. The zero-order chi connectivity index (χ0) is 14.4. The fourth-order valence-electron chi connectivity index (χ4n) is 2.01. The Morgan fingerprint density at radius 2 is 2.15 bits per heavy atom. The zero-order valence-electron chi connectivity index (χ0n) is 12.1. The number of methoxy groups -OCH3 is 2. The molecule has 0 saturated carbocycles. The minimum absolute atomic E-state index is 0.409. The highest BCUT2D eigenvalue weighted by atomic mass is 32.1. The van der Waals surface area contributed by atoms with Crippen LogP contribution in [-0.2, 0) is 6.54 Å². The van der Waals surface area contributed by atoms with Gasteiger partial charge in [-0.1, -0.05) is 6.92 Å². The molecule has 0 aliphatic heterocycles. The summed E-state index contributed by atoms with van der Waals surface area (Å²) in [5.41, 5.74) is 1.10. The summed E-state index contributed by atoms with van der Waals surface area (Å²) < 4.78 is 10.6. The predicted octanol–water partition coefficient (Wildman–Crippen LogP) is 3.05. The highest BCUT2D eigenvalue weighted by molar-refractivity contribution is 7.09. The molecule has 1 heterocycles. The molecule has 1 atom stereocenters. The Bertz CT molecular complexity index is 529. The van der Waals surface area contributed by atoms with Crippen LogP contribution in [0.15, 0.2) is 29.8 Å². The van der Waals surface area contributed by atoms with Crippen molar-refractivity contribution in [2.45, 2.75) is 19.4 Å². The molecule has 5 heteroatoms. The van der Waals surface area contributed by atoms with Crippen LogP contribution < -0.4 is 14.8 Å². The average molecular weight is 292 g/mol. The van der Waals surface area contributed by atoms with Gasteiger partial charge in [0.15, 0.2) is 0 Å². The summed E-state index contributed by atoms with van der Waals surface area (Å²) >= 11 is 1.70. The number of hydrogen-bond donors (Lipinski definition) is 1. The molecular formula is C15H20N2O2S. The maximum Gasteiger partial charge on any atom is 0.123 e. The molecule has 0 fully saturated rings. The average Bonchev–Trinajstić information content (AvgIpc) is 3.01. The van der Waals surface area contributed by atoms with Gasteiger partial charge in [-0.3, -0.25) is 0 Å². The molecule has 0 amide bonds. The third-order valence-electron chi connectivity index (χ3n) is 3.13. The van der Waals surface area contributed by atoms with E-state index in [1.54, 1.807) is 25.6 Å². The van der Waals surface area contributed by atoms with Gasteiger partial charge in [0, 0.05) is 36.1 Å². The van der Waals surface area contributed by atoms with Gasteiger partial charge in [-0.15, -0.1) is 11.3 Å². The molecule has 0 radical (unpaired) electrons. The first-order valence-corrected chi connectivity index (χ1v) is 7.43. The Labute approximate surface area is 123 Å². The van der Waals surface area contributed by atoms with E-state index < -0.39 is 0 Å². The maximum atomic E-state index is 5.37.